The molecule has 0 spiro atoms. The fourth-order valence-corrected chi connectivity index (χ4v) is 3.01. The molecule has 3 heterocycles. The first kappa shape index (κ1) is 15.4. The summed E-state index contributed by atoms with van der Waals surface area (Å²) in [6.07, 6.45) is 4.84. The summed E-state index contributed by atoms with van der Waals surface area (Å²) in [5.74, 6) is 2.24. The van der Waals surface area contributed by atoms with Crippen LogP contribution >= 0.6 is 0 Å². The number of rotatable bonds is 3. The van der Waals surface area contributed by atoms with Gasteiger partial charge in [0.05, 0.1) is 11.7 Å². The molecule has 0 radical (unpaired) electrons. The molecular formula is C17H21N5O. The molecule has 23 heavy (non-hydrogen) atoms. The number of hydrogen-bond acceptors (Lipinski definition) is 5. The molecule has 1 atom stereocenters. The fraction of sp³-hybridized carbons (Fsp3) is 0.412. The van der Waals surface area contributed by atoms with E-state index in [0.717, 1.165) is 37.3 Å². The van der Waals surface area contributed by atoms with Gasteiger partial charge in [0, 0.05) is 25.7 Å². The monoisotopic (exact) mass is 311 g/mol. The molecule has 1 N–H and O–H groups in total. The van der Waals surface area contributed by atoms with E-state index in [1.165, 1.54) is 0 Å². The maximum absolute atomic E-state index is 11.9. The maximum Gasteiger partial charge on any atom is 0.220 e. The summed E-state index contributed by atoms with van der Waals surface area (Å²) in [5, 5.41) is 3.20. The standard InChI is InChI=1S/C17H21N5O/c1-12-19-14(15-7-4-6-10-22(15)13(2)23)11-17(20-12)21-16-8-3-5-9-18-16/h3,5,8-9,11,15H,4,6-7,10H2,1-2H3,(H,18,19,20,21)/t15-/m1/s1. The molecule has 1 fully saturated rings. The van der Waals surface area contributed by atoms with Crippen LogP contribution in [-0.2, 0) is 4.79 Å². The molecule has 2 aromatic heterocycles. The van der Waals surface area contributed by atoms with Gasteiger partial charge in [-0.15, -0.1) is 0 Å². The zero-order chi connectivity index (χ0) is 16.2. The van der Waals surface area contributed by atoms with Crippen molar-refractivity contribution in [2.75, 3.05) is 11.9 Å². The summed E-state index contributed by atoms with van der Waals surface area (Å²) in [6.45, 7) is 4.29. The number of piperidine rings is 1. The van der Waals surface area contributed by atoms with Crippen LogP contribution in [0.5, 0.6) is 0 Å². The van der Waals surface area contributed by atoms with Crippen molar-refractivity contribution < 1.29 is 4.79 Å². The SMILES string of the molecule is CC(=O)N1CCCC[C@@H]1c1cc(Nc2ccccn2)nc(C)n1. The van der Waals surface area contributed by atoms with Crippen LogP contribution in [-0.4, -0.2) is 32.3 Å². The van der Waals surface area contributed by atoms with Gasteiger partial charge >= 0.3 is 0 Å². The van der Waals surface area contributed by atoms with Gasteiger partial charge in [-0.25, -0.2) is 15.0 Å². The first-order valence-electron chi connectivity index (χ1n) is 7.94. The highest BCUT2D eigenvalue weighted by atomic mass is 16.2. The molecule has 0 bridgehead atoms. The van der Waals surface area contributed by atoms with E-state index in [1.54, 1.807) is 13.1 Å². The largest absolute Gasteiger partial charge is 0.334 e. The van der Waals surface area contributed by atoms with E-state index in [1.807, 2.05) is 36.1 Å². The molecule has 1 amide bonds. The molecule has 3 rings (SSSR count). The van der Waals surface area contributed by atoms with Crippen LogP contribution < -0.4 is 5.32 Å². The summed E-state index contributed by atoms with van der Waals surface area (Å²) in [4.78, 5) is 27.1. The fourth-order valence-electron chi connectivity index (χ4n) is 3.01. The summed E-state index contributed by atoms with van der Waals surface area (Å²) in [6, 6.07) is 7.64. The molecule has 1 aliphatic rings. The van der Waals surface area contributed by atoms with E-state index in [0.29, 0.717) is 11.6 Å². The second kappa shape index (κ2) is 6.73. The first-order chi connectivity index (χ1) is 11.1. The number of hydrogen-bond donors (Lipinski definition) is 1. The lowest BCUT2D eigenvalue weighted by molar-refractivity contribution is -0.132. The normalized spacial score (nSPS) is 17.8. The van der Waals surface area contributed by atoms with E-state index in [9.17, 15) is 4.79 Å². The molecule has 0 saturated carbocycles. The number of aryl methyl sites for hydroxylation is 1. The Morgan fingerprint density at radius 1 is 1.26 bits per heavy atom. The second-order valence-corrected chi connectivity index (χ2v) is 5.79. The van der Waals surface area contributed by atoms with Crippen molar-refractivity contribution in [3.05, 3.63) is 42.0 Å². The van der Waals surface area contributed by atoms with Crippen LogP contribution in [0.1, 0.15) is 43.7 Å². The van der Waals surface area contributed by atoms with Crippen LogP contribution in [0.2, 0.25) is 0 Å². The molecule has 0 aliphatic carbocycles. The van der Waals surface area contributed by atoms with Crippen molar-refractivity contribution in [3.63, 3.8) is 0 Å². The molecular weight excluding hydrogens is 290 g/mol. The number of aromatic nitrogens is 3. The first-order valence-corrected chi connectivity index (χ1v) is 7.94. The number of anilines is 2. The molecule has 6 heteroatoms. The van der Waals surface area contributed by atoms with Crippen LogP contribution in [0.15, 0.2) is 30.5 Å². The number of likely N-dealkylation sites (tertiary alicyclic amines) is 1. The van der Waals surface area contributed by atoms with E-state index in [2.05, 4.69) is 20.3 Å². The van der Waals surface area contributed by atoms with Gasteiger partial charge in [-0.1, -0.05) is 6.07 Å². The third kappa shape index (κ3) is 3.64. The number of carbonyl (C=O) groups excluding carboxylic acids is 1. The van der Waals surface area contributed by atoms with E-state index in [4.69, 9.17) is 0 Å². The Kier molecular flexibility index (Phi) is 4.50. The predicted octanol–water partition coefficient (Wildman–Crippen LogP) is 3.00. The minimum absolute atomic E-state index is 0.0345. The molecule has 1 aliphatic heterocycles. The molecule has 6 nitrogen and oxygen atoms in total. The maximum atomic E-state index is 11.9. The predicted molar refractivity (Wildman–Crippen MR) is 88.3 cm³/mol. The molecule has 0 aromatic carbocycles. The highest BCUT2D eigenvalue weighted by Crippen LogP contribution is 2.31. The van der Waals surface area contributed by atoms with Crippen LogP contribution in [0.4, 0.5) is 11.6 Å². The highest BCUT2D eigenvalue weighted by Gasteiger charge is 2.27. The topological polar surface area (TPSA) is 71.0 Å². The Balaban J connectivity index is 1.89. The quantitative estimate of drug-likeness (QED) is 0.943. The summed E-state index contributed by atoms with van der Waals surface area (Å²) >= 11 is 0. The second-order valence-electron chi connectivity index (χ2n) is 5.79. The Morgan fingerprint density at radius 2 is 2.13 bits per heavy atom. The number of pyridine rings is 1. The van der Waals surface area contributed by atoms with Gasteiger partial charge in [-0.3, -0.25) is 4.79 Å². The Bertz CT molecular complexity index is 689. The van der Waals surface area contributed by atoms with Crippen LogP contribution in [0.3, 0.4) is 0 Å². The average molecular weight is 311 g/mol. The zero-order valence-electron chi connectivity index (χ0n) is 13.5. The van der Waals surface area contributed by atoms with Gasteiger partial charge in [-0.2, -0.15) is 0 Å². The van der Waals surface area contributed by atoms with Crippen molar-refractivity contribution in [1.82, 2.24) is 19.9 Å². The zero-order valence-corrected chi connectivity index (χ0v) is 13.5. The number of nitrogens with one attached hydrogen (secondary N) is 1. The van der Waals surface area contributed by atoms with Crippen LogP contribution in [0, 0.1) is 6.92 Å². The number of carbonyl (C=O) groups is 1. The van der Waals surface area contributed by atoms with E-state index in [-0.39, 0.29) is 11.9 Å². The van der Waals surface area contributed by atoms with Gasteiger partial charge in [-0.05, 0) is 38.3 Å². The molecule has 0 unspecified atom stereocenters. The Labute approximate surface area is 136 Å². The van der Waals surface area contributed by atoms with Crippen LogP contribution in [0.25, 0.3) is 0 Å². The van der Waals surface area contributed by atoms with Gasteiger partial charge < -0.3 is 10.2 Å². The van der Waals surface area contributed by atoms with Crippen molar-refractivity contribution in [3.8, 4) is 0 Å². The summed E-state index contributed by atoms with van der Waals surface area (Å²) < 4.78 is 0. The smallest absolute Gasteiger partial charge is 0.220 e. The Hall–Kier alpha value is -2.50. The van der Waals surface area contributed by atoms with E-state index < -0.39 is 0 Å². The lowest BCUT2D eigenvalue weighted by Gasteiger charge is -2.34. The van der Waals surface area contributed by atoms with Gasteiger partial charge in [0.25, 0.3) is 0 Å². The minimum Gasteiger partial charge on any atom is -0.334 e. The van der Waals surface area contributed by atoms with Crippen molar-refractivity contribution >= 4 is 17.5 Å². The summed E-state index contributed by atoms with van der Waals surface area (Å²) in [7, 11) is 0. The lowest BCUT2D eigenvalue weighted by Crippen LogP contribution is -2.37. The van der Waals surface area contributed by atoms with Gasteiger partial charge in [0.1, 0.15) is 17.5 Å². The van der Waals surface area contributed by atoms with E-state index >= 15 is 0 Å². The molecule has 1 saturated heterocycles. The third-order valence-corrected chi connectivity index (χ3v) is 4.03. The number of nitrogens with zero attached hydrogens (tertiary/aromatic N) is 4. The lowest BCUT2D eigenvalue weighted by atomic mass is 9.99. The minimum atomic E-state index is 0.0345. The number of amides is 1. The van der Waals surface area contributed by atoms with Gasteiger partial charge in [0.2, 0.25) is 5.91 Å². The highest BCUT2D eigenvalue weighted by molar-refractivity contribution is 5.74. The third-order valence-electron chi connectivity index (χ3n) is 4.03. The van der Waals surface area contributed by atoms with Crippen molar-refractivity contribution in [1.29, 1.82) is 0 Å². The average Bonchev–Trinajstić information content (AvgIpc) is 2.55. The summed E-state index contributed by atoms with van der Waals surface area (Å²) in [5.41, 5.74) is 0.894. The van der Waals surface area contributed by atoms with Gasteiger partial charge in [0.15, 0.2) is 0 Å². The van der Waals surface area contributed by atoms with Crippen molar-refractivity contribution in [2.24, 2.45) is 0 Å². The molecule has 2 aromatic rings. The Morgan fingerprint density at radius 3 is 2.87 bits per heavy atom. The molecule has 120 valence electrons. The van der Waals surface area contributed by atoms with Crippen molar-refractivity contribution in [2.45, 2.75) is 39.2 Å².